The molecule has 38 heavy (non-hydrogen) atoms. The number of allylic oxidation sites excluding steroid dienone is 2. The number of nitrogens with one attached hydrogen (secondary N) is 2. The van der Waals surface area contributed by atoms with Crippen LogP contribution in [0.4, 0.5) is 20.3 Å². The first-order valence-corrected chi connectivity index (χ1v) is 13.8. The third kappa shape index (κ3) is 7.12. The number of hydrogen-bond donors (Lipinski definition) is 2. The normalized spacial score (nSPS) is 14.0. The van der Waals surface area contributed by atoms with Crippen molar-refractivity contribution in [1.29, 1.82) is 0 Å². The molecule has 2 aromatic heterocycles. The minimum atomic E-state index is -0.519. The van der Waals surface area contributed by atoms with Crippen molar-refractivity contribution in [1.82, 2.24) is 19.7 Å². The van der Waals surface area contributed by atoms with Crippen LogP contribution in [0.3, 0.4) is 0 Å². The summed E-state index contributed by atoms with van der Waals surface area (Å²) in [6, 6.07) is 4.28. The molecule has 0 aliphatic heterocycles. The largest absolute Gasteiger partial charge is 0.340 e. The van der Waals surface area contributed by atoms with Gasteiger partial charge in [0.05, 0.1) is 17.7 Å². The minimum Gasteiger partial charge on any atom is -0.340 e. The molecule has 4 rings (SSSR count). The summed E-state index contributed by atoms with van der Waals surface area (Å²) < 4.78 is 31.1. The standard InChI is InChI=1S/C25H29F2N7S.C3H8/c1-14-9-23(32-31-14)30-25(24(17-7-8-17)15(2)20-12-33(4)13-28-20)29-16(3)34(5)21-10-19(27)22(35-6)11-18(21)26;1-3-2/h9-13,17H,2,7-8H2,1,3-6H3,(H2,30,31,32);3H2,1-2H3/b25-24-,29-16+;. The van der Waals surface area contributed by atoms with Gasteiger partial charge in [0.2, 0.25) is 0 Å². The molecule has 0 bridgehead atoms. The first kappa shape index (κ1) is 29.2. The van der Waals surface area contributed by atoms with E-state index < -0.39 is 11.6 Å². The molecule has 0 amide bonds. The van der Waals surface area contributed by atoms with Crippen molar-refractivity contribution in [3.8, 4) is 0 Å². The highest BCUT2D eigenvalue weighted by molar-refractivity contribution is 7.98. The van der Waals surface area contributed by atoms with Gasteiger partial charge in [-0.3, -0.25) is 5.10 Å². The summed E-state index contributed by atoms with van der Waals surface area (Å²) in [4.78, 5) is 11.1. The number of thioether (sulfide) groups is 1. The molecular formula is C28H37F2N7S. The van der Waals surface area contributed by atoms with E-state index in [1.165, 1.54) is 23.5 Å². The van der Waals surface area contributed by atoms with Crippen LogP contribution in [-0.2, 0) is 7.05 Å². The highest BCUT2D eigenvalue weighted by Crippen LogP contribution is 2.44. The number of hydrogen-bond acceptors (Lipinski definition) is 5. The molecule has 0 unspecified atom stereocenters. The number of aliphatic imine (C=N–C) groups is 1. The molecule has 10 heteroatoms. The lowest BCUT2D eigenvalue weighted by Crippen LogP contribution is -2.25. The zero-order chi connectivity index (χ0) is 28.0. The van der Waals surface area contributed by atoms with Crippen LogP contribution in [0.1, 0.15) is 51.4 Å². The van der Waals surface area contributed by atoms with Crippen molar-refractivity contribution in [3.63, 3.8) is 0 Å². The quantitative estimate of drug-likeness (QED) is 0.137. The summed E-state index contributed by atoms with van der Waals surface area (Å²) in [7, 11) is 3.57. The number of H-pyrrole nitrogens is 1. The van der Waals surface area contributed by atoms with Crippen LogP contribution in [0.15, 0.2) is 58.6 Å². The van der Waals surface area contributed by atoms with Crippen molar-refractivity contribution in [2.45, 2.75) is 51.9 Å². The summed E-state index contributed by atoms with van der Waals surface area (Å²) in [5.74, 6) is 0.905. The summed E-state index contributed by atoms with van der Waals surface area (Å²) >= 11 is 1.16. The van der Waals surface area contributed by atoms with Crippen LogP contribution in [-0.4, -0.2) is 38.9 Å². The highest BCUT2D eigenvalue weighted by atomic mass is 32.2. The number of nitrogens with zero attached hydrogens (tertiary/aromatic N) is 5. The number of benzene rings is 1. The Hall–Kier alpha value is -3.40. The number of halogens is 2. The molecule has 1 aliphatic carbocycles. The SMILES string of the molecule is C=C(/C(=C(\N=C(/C)N(C)c1cc(F)c(SC)cc1F)Nc1cc(C)[nH]n1)C1CC1)c1cn(C)cn1.CCC. The second kappa shape index (κ2) is 12.9. The molecule has 2 N–H and O–H groups in total. The van der Waals surface area contributed by atoms with Crippen LogP contribution >= 0.6 is 11.8 Å². The van der Waals surface area contributed by atoms with E-state index in [1.807, 2.05) is 30.8 Å². The number of aromatic amines is 1. The fourth-order valence-corrected chi connectivity index (χ4v) is 4.24. The van der Waals surface area contributed by atoms with E-state index in [4.69, 9.17) is 4.99 Å². The van der Waals surface area contributed by atoms with Crippen molar-refractivity contribution in [3.05, 3.63) is 71.7 Å². The average Bonchev–Trinajstić information content (AvgIpc) is 3.47. The van der Waals surface area contributed by atoms with Crippen molar-refractivity contribution >= 4 is 34.7 Å². The smallest absolute Gasteiger partial charge is 0.153 e. The highest BCUT2D eigenvalue weighted by Gasteiger charge is 2.32. The topological polar surface area (TPSA) is 74.1 Å². The van der Waals surface area contributed by atoms with E-state index in [0.717, 1.165) is 47.1 Å². The van der Waals surface area contributed by atoms with Gasteiger partial charge < -0.3 is 14.8 Å². The molecular weight excluding hydrogens is 504 g/mol. The van der Waals surface area contributed by atoms with Crippen molar-refractivity contribution < 1.29 is 8.78 Å². The Kier molecular flexibility index (Phi) is 9.90. The average molecular weight is 542 g/mol. The number of aromatic nitrogens is 4. The molecule has 0 spiro atoms. The first-order chi connectivity index (χ1) is 18.1. The predicted octanol–water partition coefficient (Wildman–Crippen LogP) is 7.17. The Morgan fingerprint density at radius 1 is 1.26 bits per heavy atom. The molecule has 7 nitrogen and oxygen atoms in total. The van der Waals surface area contributed by atoms with E-state index in [2.05, 4.69) is 40.9 Å². The maximum atomic E-state index is 14.8. The van der Waals surface area contributed by atoms with Crippen molar-refractivity contribution in [2.75, 3.05) is 23.5 Å². The second-order valence-electron chi connectivity index (χ2n) is 9.36. The maximum Gasteiger partial charge on any atom is 0.153 e. The van der Waals surface area contributed by atoms with Gasteiger partial charge in [-0.15, -0.1) is 11.8 Å². The number of anilines is 2. The van der Waals surface area contributed by atoms with Gasteiger partial charge in [0.15, 0.2) is 5.82 Å². The lowest BCUT2D eigenvalue weighted by molar-refractivity contribution is 0.578. The van der Waals surface area contributed by atoms with Crippen molar-refractivity contribution in [2.24, 2.45) is 18.0 Å². The van der Waals surface area contributed by atoms with Gasteiger partial charge >= 0.3 is 0 Å². The minimum absolute atomic E-state index is 0.105. The van der Waals surface area contributed by atoms with E-state index >= 15 is 0 Å². The lowest BCUT2D eigenvalue weighted by Gasteiger charge is -2.22. The first-order valence-electron chi connectivity index (χ1n) is 12.6. The van der Waals surface area contributed by atoms with E-state index in [-0.39, 0.29) is 16.5 Å². The summed E-state index contributed by atoms with van der Waals surface area (Å²) in [5.41, 5.74) is 3.46. The number of imidazole rings is 1. The Morgan fingerprint density at radius 3 is 2.47 bits per heavy atom. The molecule has 1 fully saturated rings. The molecule has 1 aromatic carbocycles. The predicted molar refractivity (Wildman–Crippen MR) is 155 cm³/mol. The van der Waals surface area contributed by atoms with Gasteiger partial charge in [-0.25, -0.2) is 18.8 Å². The third-order valence-electron chi connectivity index (χ3n) is 5.87. The summed E-state index contributed by atoms with van der Waals surface area (Å²) in [6.45, 7) is 12.2. The Bertz CT molecular complexity index is 1330. The van der Waals surface area contributed by atoms with Crippen LogP contribution in [0.25, 0.3) is 5.57 Å². The number of rotatable bonds is 8. The fraction of sp³-hybridized carbons (Fsp3) is 0.393. The van der Waals surface area contributed by atoms with Gasteiger partial charge in [-0.1, -0.05) is 26.8 Å². The lowest BCUT2D eigenvalue weighted by atomic mass is 10.0. The van der Waals surface area contributed by atoms with E-state index in [1.54, 1.807) is 26.6 Å². The summed E-state index contributed by atoms with van der Waals surface area (Å²) in [6.07, 6.45) is 8.61. The molecule has 0 saturated heterocycles. The monoisotopic (exact) mass is 541 g/mol. The number of amidine groups is 1. The molecule has 0 radical (unpaired) electrons. The Morgan fingerprint density at radius 2 is 1.95 bits per heavy atom. The van der Waals surface area contributed by atoms with E-state index in [0.29, 0.717) is 17.5 Å². The third-order valence-corrected chi connectivity index (χ3v) is 6.63. The molecule has 1 aliphatic rings. The molecule has 2 heterocycles. The number of aryl methyl sites for hydroxylation is 2. The Labute approximate surface area is 228 Å². The van der Waals surface area contributed by atoms with Gasteiger partial charge in [0.25, 0.3) is 0 Å². The van der Waals surface area contributed by atoms with E-state index in [9.17, 15) is 8.78 Å². The van der Waals surface area contributed by atoms with Gasteiger partial charge in [-0.2, -0.15) is 5.10 Å². The molecule has 1 saturated carbocycles. The zero-order valence-corrected chi connectivity index (χ0v) is 24.0. The van der Waals surface area contributed by atoms with Gasteiger partial charge in [0, 0.05) is 54.2 Å². The summed E-state index contributed by atoms with van der Waals surface area (Å²) in [5, 5.41) is 10.5. The van der Waals surface area contributed by atoms with Gasteiger partial charge in [0.1, 0.15) is 23.3 Å². The molecule has 0 atom stereocenters. The molecule has 204 valence electrons. The van der Waals surface area contributed by atoms with Crippen LogP contribution in [0.5, 0.6) is 0 Å². The second-order valence-corrected chi connectivity index (χ2v) is 10.2. The fourth-order valence-electron chi connectivity index (χ4n) is 3.76. The zero-order valence-electron chi connectivity index (χ0n) is 23.2. The van der Waals surface area contributed by atoms with Crippen LogP contribution in [0, 0.1) is 24.5 Å². The molecule has 3 aromatic rings. The Balaban J connectivity index is 0.00000127. The maximum absolute atomic E-state index is 14.8. The van der Waals surface area contributed by atoms with Crippen LogP contribution in [0.2, 0.25) is 0 Å². The van der Waals surface area contributed by atoms with Gasteiger partial charge in [-0.05, 0) is 44.9 Å². The van der Waals surface area contributed by atoms with Crippen LogP contribution < -0.4 is 10.2 Å².